The van der Waals surface area contributed by atoms with E-state index in [4.69, 9.17) is 0 Å². The first kappa shape index (κ1) is 13.1. The van der Waals surface area contributed by atoms with Crippen molar-refractivity contribution in [3.63, 3.8) is 0 Å². The van der Waals surface area contributed by atoms with E-state index in [2.05, 4.69) is 41.5 Å². The first-order chi connectivity index (χ1) is 6.91. The maximum Gasteiger partial charge on any atom is -0.0381 e. The molecule has 0 aromatic rings. The zero-order valence-electron chi connectivity index (χ0n) is 11.6. The predicted molar refractivity (Wildman–Crippen MR) is 68.8 cm³/mol. The fraction of sp³-hybridized carbons (Fsp3) is 1.00. The third-order valence-corrected chi connectivity index (χ3v) is 4.47. The number of hydrogen-bond acceptors (Lipinski definition) is 0. The zero-order valence-corrected chi connectivity index (χ0v) is 11.6. The lowest BCUT2D eigenvalue weighted by molar-refractivity contribution is 0.288. The van der Waals surface area contributed by atoms with Gasteiger partial charge in [0.15, 0.2) is 0 Å². The van der Waals surface area contributed by atoms with E-state index in [1.807, 2.05) is 0 Å². The molecule has 4 atom stereocenters. The van der Waals surface area contributed by atoms with Gasteiger partial charge in [-0.2, -0.15) is 0 Å². The monoisotopic (exact) mass is 210 g/mol. The molecule has 0 bridgehead atoms. The Bertz CT molecular complexity index is 160. The van der Waals surface area contributed by atoms with Crippen molar-refractivity contribution in [2.24, 2.45) is 35.5 Å². The van der Waals surface area contributed by atoms with E-state index < -0.39 is 0 Å². The first-order valence-corrected chi connectivity index (χ1v) is 6.91. The Morgan fingerprint density at radius 1 is 0.800 bits per heavy atom. The minimum atomic E-state index is 0.877. The molecule has 0 spiro atoms. The average Bonchev–Trinajstić information content (AvgIpc) is 2.32. The Labute approximate surface area is 96.8 Å². The molecule has 90 valence electrons. The normalized spacial score (nSPS) is 36.8. The van der Waals surface area contributed by atoms with E-state index in [0.29, 0.717) is 0 Å². The molecule has 0 aliphatic heterocycles. The first-order valence-electron chi connectivity index (χ1n) is 6.91. The fourth-order valence-corrected chi connectivity index (χ4v) is 3.51. The van der Waals surface area contributed by atoms with Gasteiger partial charge in [0.25, 0.3) is 0 Å². The summed E-state index contributed by atoms with van der Waals surface area (Å²) in [6.45, 7) is 14.4. The molecule has 1 rings (SSSR count). The van der Waals surface area contributed by atoms with Gasteiger partial charge in [-0.3, -0.25) is 0 Å². The van der Waals surface area contributed by atoms with E-state index in [1.54, 1.807) is 0 Å². The van der Waals surface area contributed by atoms with Crippen molar-refractivity contribution < 1.29 is 0 Å². The van der Waals surface area contributed by atoms with Crippen LogP contribution >= 0.6 is 0 Å². The number of hydrogen-bond donors (Lipinski definition) is 0. The van der Waals surface area contributed by atoms with Crippen molar-refractivity contribution in [1.29, 1.82) is 0 Å². The molecule has 0 saturated heterocycles. The van der Waals surface area contributed by atoms with Gasteiger partial charge in [-0.05, 0) is 54.8 Å². The summed E-state index contributed by atoms with van der Waals surface area (Å²) in [6.07, 6.45) is 4.39. The predicted octanol–water partition coefficient (Wildman–Crippen LogP) is 4.99. The summed E-state index contributed by atoms with van der Waals surface area (Å²) in [7, 11) is 0. The molecule has 0 radical (unpaired) electrons. The van der Waals surface area contributed by atoms with E-state index in [9.17, 15) is 0 Å². The Hall–Kier alpha value is 0. The molecule has 0 amide bonds. The highest BCUT2D eigenvalue weighted by Gasteiger charge is 2.37. The largest absolute Gasteiger partial charge is 0.0628 e. The molecule has 0 N–H and O–H groups in total. The highest BCUT2D eigenvalue weighted by atomic mass is 14.4. The van der Waals surface area contributed by atoms with Crippen LogP contribution < -0.4 is 0 Å². The molecule has 0 heteroatoms. The van der Waals surface area contributed by atoms with Crippen LogP contribution in [0, 0.1) is 35.5 Å². The van der Waals surface area contributed by atoms with Gasteiger partial charge in [-0.1, -0.05) is 41.5 Å². The van der Waals surface area contributed by atoms with Crippen molar-refractivity contribution in [3.8, 4) is 0 Å². The Balaban J connectivity index is 2.51. The SMILES string of the molecule is CC(C)CC1CC(CC(C)C)C(C)C1C. The Morgan fingerprint density at radius 2 is 1.13 bits per heavy atom. The molecule has 0 nitrogen and oxygen atoms in total. The highest BCUT2D eigenvalue weighted by Crippen LogP contribution is 2.46. The molecule has 1 aliphatic carbocycles. The summed E-state index contributed by atoms with van der Waals surface area (Å²) >= 11 is 0. The minimum Gasteiger partial charge on any atom is -0.0628 e. The molecule has 4 unspecified atom stereocenters. The minimum absolute atomic E-state index is 0.877. The van der Waals surface area contributed by atoms with Crippen molar-refractivity contribution in [2.75, 3.05) is 0 Å². The van der Waals surface area contributed by atoms with Crippen molar-refractivity contribution in [1.82, 2.24) is 0 Å². The van der Waals surface area contributed by atoms with E-state index >= 15 is 0 Å². The van der Waals surface area contributed by atoms with Crippen LogP contribution in [0.25, 0.3) is 0 Å². The molecular formula is C15H30. The average molecular weight is 210 g/mol. The van der Waals surface area contributed by atoms with Crippen LogP contribution in [-0.4, -0.2) is 0 Å². The number of rotatable bonds is 4. The summed E-state index contributed by atoms with van der Waals surface area (Å²) in [5, 5.41) is 0. The van der Waals surface area contributed by atoms with Crippen LogP contribution in [0.4, 0.5) is 0 Å². The van der Waals surface area contributed by atoms with Crippen LogP contribution in [0.5, 0.6) is 0 Å². The van der Waals surface area contributed by atoms with Crippen molar-refractivity contribution in [2.45, 2.75) is 60.8 Å². The van der Waals surface area contributed by atoms with Gasteiger partial charge in [-0.15, -0.1) is 0 Å². The molecule has 1 aliphatic rings. The second kappa shape index (κ2) is 5.37. The molecule has 0 heterocycles. The molecule has 0 aromatic heterocycles. The summed E-state index contributed by atoms with van der Waals surface area (Å²) in [4.78, 5) is 0. The van der Waals surface area contributed by atoms with Crippen LogP contribution in [-0.2, 0) is 0 Å². The van der Waals surface area contributed by atoms with Gasteiger partial charge >= 0.3 is 0 Å². The van der Waals surface area contributed by atoms with Gasteiger partial charge in [0.05, 0.1) is 0 Å². The second-order valence-corrected chi connectivity index (χ2v) is 6.73. The summed E-state index contributed by atoms with van der Waals surface area (Å²) < 4.78 is 0. The summed E-state index contributed by atoms with van der Waals surface area (Å²) in [5.41, 5.74) is 0. The van der Waals surface area contributed by atoms with Gasteiger partial charge in [-0.25, -0.2) is 0 Å². The standard InChI is InChI=1S/C15H30/c1-10(2)7-14-9-15(8-11(3)4)13(6)12(14)5/h10-15H,7-9H2,1-6H3. The Morgan fingerprint density at radius 3 is 1.40 bits per heavy atom. The van der Waals surface area contributed by atoms with E-state index in [0.717, 1.165) is 35.5 Å². The van der Waals surface area contributed by atoms with Crippen LogP contribution in [0.15, 0.2) is 0 Å². The maximum absolute atomic E-state index is 2.48. The molecule has 15 heavy (non-hydrogen) atoms. The molecule has 1 fully saturated rings. The fourth-order valence-electron chi connectivity index (χ4n) is 3.51. The maximum atomic E-state index is 2.48. The molecular weight excluding hydrogens is 180 g/mol. The third-order valence-electron chi connectivity index (χ3n) is 4.47. The van der Waals surface area contributed by atoms with E-state index in [-0.39, 0.29) is 0 Å². The third kappa shape index (κ3) is 3.50. The summed E-state index contributed by atoms with van der Waals surface area (Å²) in [5.74, 6) is 5.67. The summed E-state index contributed by atoms with van der Waals surface area (Å²) in [6, 6.07) is 0. The van der Waals surface area contributed by atoms with Crippen molar-refractivity contribution in [3.05, 3.63) is 0 Å². The lowest BCUT2D eigenvalue weighted by Crippen LogP contribution is -2.13. The van der Waals surface area contributed by atoms with Crippen LogP contribution in [0.3, 0.4) is 0 Å². The second-order valence-electron chi connectivity index (χ2n) is 6.73. The van der Waals surface area contributed by atoms with Gasteiger partial charge in [0, 0.05) is 0 Å². The van der Waals surface area contributed by atoms with Gasteiger partial charge < -0.3 is 0 Å². The zero-order chi connectivity index (χ0) is 11.6. The smallest absolute Gasteiger partial charge is 0.0381 e. The Kier molecular flexibility index (Phi) is 4.67. The molecule has 1 saturated carbocycles. The lowest BCUT2D eigenvalue weighted by Gasteiger charge is -2.21. The van der Waals surface area contributed by atoms with Crippen LogP contribution in [0.1, 0.15) is 60.8 Å². The van der Waals surface area contributed by atoms with Gasteiger partial charge in [0.1, 0.15) is 0 Å². The molecule has 0 aromatic carbocycles. The lowest BCUT2D eigenvalue weighted by atomic mass is 9.85. The quantitative estimate of drug-likeness (QED) is 0.613. The van der Waals surface area contributed by atoms with E-state index in [1.165, 1.54) is 19.3 Å². The highest BCUT2D eigenvalue weighted by molar-refractivity contribution is 4.87. The topological polar surface area (TPSA) is 0 Å². The van der Waals surface area contributed by atoms with Crippen LogP contribution in [0.2, 0.25) is 0 Å². The van der Waals surface area contributed by atoms with Crippen molar-refractivity contribution >= 4 is 0 Å². The van der Waals surface area contributed by atoms with Gasteiger partial charge in [0.2, 0.25) is 0 Å².